The molecule has 0 radical (unpaired) electrons. The van der Waals surface area contributed by atoms with Gasteiger partial charge >= 0.3 is 0 Å². The van der Waals surface area contributed by atoms with Gasteiger partial charge < -0.3 is 4.90 Å². The number of fused-ring (bicyclic) bond motifs is 1. The number of hydrogen-bond donors (Lipinski definition) is 0. The van der Waals surface area contributed by atoms with Crippen molar-refractivity contribution in [1.82, 2.24) is 4.90 Å². The molecule has 2 aliphatic heterocycles. The number of nitrogens with zero attached hydrogens (tertiary/aromatic N) is 3. The number of allylic oxidation sites excluding steroid dienone is 1. The Bertz CT molecular complexity index is 935. The Morgan fingerprint density at radius 1 is 1.08 bits per heavy atom. The molecule has 26 heavy (non-hydrogen) atoms. The summed E-state index contributed by atoms with van der Waals surface area (Å²) in [5.41, 5.74) is 5.77. The van der Waals surface area contributed by atoms with Crippen LogP contribution in [0.25, 0.3) is 0 Å². The van der Waals surface area contributed by atoms with Crippen molar-refractivity contribution in [3.8, 4) is 11.8 Å². The number of halogens is 1. The monoisotopic (exact) mass is 361 g/mol. The van der Waals surface area contributed by atoms with Crippen molar-refractivity contribution in [2.24, 2.45) is 5.10 Å². The van der Waals surface area contributed by atoms with E-state index in [9.17, 15) is 0 Å². The van der Waals surface area contributed by atoms with Crippen LogP contribution in [0.2, 0.25) is 5.02 Å². The van der Waals surface area contributed by atoms with Crippen LogP contribution in [-0.4, -0.2) is 30.2 Å². The van der Waals surface area contributed by atoms with Gasteiger partial charge in [0.05, 0.1) is 29.5 Å². The number of rotatable bonds is 2. The second kappa shape index (κ2) is 7.27. The van der Waals surface area contributed by atoms with E-state index in [2.05, 4.69) is 23.7 Å². The number of benzene rings is 2. The summed E-state index contributed by atoms with van der Waals surface area (Å²) in [5.74, 6) is 6.54. The fourth-order valence-electron chi connectivity index (χ4n) is 3.36. The highest BCUT2D eigenvalue weighted by Crippen LogP contribution is 2.32. The average Bonchev–Trinajstić information content (AvgIpc) is 3.10. The van der Waals surface area contributed by atoms with Crippen LogP contribution < -0.4 is 5.01 Å². The summed E-state index contributed by atoms with van der Waals surface area (Å²) >= 11 is 6.34. The highest BCUT2D eigenvalue weighted by atomic mass is 35.5. The van der Waals surface area contributed by atoms with Gasteiger partial charge in [-0.05, 0) is 31.2 Å². The van der Waals surface area contributed by atoms with Gasteiger partial charge in [-0.2, -0.15) is 5.10 Å². The van der Waals surface area contributed by atoms with Gasteiger partial charge in [0, 0.05) is 29.8 Å². The van der Waals surface area contributed by atoms with Crippen LogP contribution in [-0.2, 0) is 0 Å². The van der Waals surface area contributed by atoms with Gasteiger partial charge in [-0.15, -0.1) is 0 Å². The van der Waals surface area contributed by atoms with E-state index in [1.807, 2.05) is 59.6 Å². The van der Waals surface area contributed by atoms with Crippen LogP contribution in [0.5, 0.6) is 0 Å². The zero-order valence-corrected chi connectivity index (χ0v) is 15.5. The molecule has 2 aromatic carbocycles. The normalized spacial score (nSPS) is 16.2. The Labute approximate surface area is 159 Å². The van der Waals surface area contributed by atoms with Crippen molar-refractivity contribution < 1.29 is 0 Å². The molecule has 130 valence electrons. The summed E-state index contributed by atoms with van der Waals surface area (Å²) in [4.78, 5) is 2.35. The molecule has 0 unspecified atom stereocenters. The fourth-order valence-corrected chi connectivity index (χ4v) is 3.60. The maximum absolute atomic E-state index is 6.34. The third-order valence-electron chi connectivity index (χ3n) is 4.83. The fraction of sp³-hybridized carbons (Fsp3) is 0.227. The molecule has 3 nitrogen and oxygen atoms in total. The molecule has 2 heterocycles. The Hall–Kier alpha value is -2.70. The smallest absolute Gasteiger partial charge is 0.0795 e. The summed E-state index contributed by atoms with van der Waals surface area (Å²) in [6.45, 7) is 4.63. The van der Waals surface area contributed by atoms with Crippen LogP contribution in [0.15, 0.2) is 71.0 Å². The molecule has 0 atom stereocenters. The highest BCUT2D eigenvalue weighted by Gasteiger charge is 2.29. The van der Waals surface area contributed by atoms with E-state index in [1.54, 1.807) is 0 Å². The van der Waals surface area contributed by atoms with Crippen molar-refractivity contribution in [1.29, 1.82) is 0 Å². The van der Waals surface area contributed by atoms with Gasteiger partial charge in [0.2, 0.25) is 0 Å². The number of anilines is 1. The topological polar surface area (TPSA) is 18.8 Å². The Kier molecular flexibility index (Phi) is 4.69. The van der Waals surface area contributed by atoms with Gasteiger partial charge in [-0.3, -0.25) is 5.01 Å². The van der Waals surface area contributed by atoms with Crippen LogP contribution >= 0.6 is 11.6 Å². The lowest BCUT2D eigenvalue weighted by Crippen LogP contribution is -2.32. The van der Waals surface area contributed by atoms with Gasteiger partial charge in [0.25, 0.3) is 0 Å². The minimum atomic E-state index is 0.735. The first-order chi connectivity index (χ1) is 12.7. The predicted molar refractivity (Wildman–Crippen MR) is 108 cm³/mol. The second-order valence-corrected chi connectivity index (χ2v) is 6.87. The SMILES string of the molecule is CC1=C2CN(c3ccccc3Cl)N=C2CCN1CC#Cc1ccccc1. The van der Waals surface area contributed by atoms with Gasteiger partial charge in [-0.1, -0.05) is 53.8 Å². The molecule has 4 rings (SSSR count). The van der Waals surface area contributed by atoms with Crippen molar-refractivity contribution >= 4 is 23.0 Å². The minimum Gasteiger partial charge on any atom is -0.363 e. The summed E-state index contributed by atoms with van der Waals surface area (Å²) < 4.78 is 0. The molecule has 2 aliphatic rings. The van der Waals surface area contributed by atoms with Crippen molar-refractivity contribution in [3.63, 3.8) is 0 Å². The zero-order valence-electron chi connectivity index (χ0n) is 14.7. The lowest BCUT2D eigenvalue weighted by molar-refractivity contribution is 0.387. The molecule has 0 amide bonds. The van der Waals surface area contributed by atoms with Crippen molar-refractivity contribution in [2.45, 2.75) is 13.3 Å². The van der Waals surface area contributed by atoms with Crippen molar-refractivity contribution in [2.75, 3.05) is 24.6 Å². The lowest BCUT2D eigenvalue weighted by Gasteiger charge is -2.29. The Balaban J connectivity index is 1.51. The first-order valence-corrected chi connectivity index (χ1v) is 9.19. The zero-order chi connectivity index (χ0) is 17.9. The quantitative estimate of drug-likeness (QED) is 0.731. The molecule has 0 bridgehead atoms. The molecule has 0 aliphatic carbocycles. The molecule has 0 N–H and O–H groups in total. The predicted octanol–water partition coefficient (Wildman–Crippen LogP) is 4.55. The first kappa shape index (κ1) is 16.8. The molecule has 0 fully saturated rings. The lowest BCUT2D eigenvalue weighted by atomic mass is 10.0. The van der Waals surface area contributed by atoms with E-state index in [-0.39, 0.29) is 0 Å². The van der Waals surface area contributed by atoms with Gasteiger partial charge in [0.1, 0.15) is 0 Å². The Morgan fingerprint density at radius 2 is 1.85 bits per heavy atom. The minimum absolute atomic E-state index is 0.735. The van der Waals surface area contributed by atoms with Crippen LogP contribution in [0.1, 0.15) is 18.9 Å². The van der Waals surface area contributed by atoms with E-state index < -0.39 is 0 Å². The molecule has 0 aromatic heterocycles. The summed E-state index contributed by atoms with van der Waals surface area (Å²) in [5, 5.41) is 7.54. The third-order valence-corrected chi connectivity index (χ3v) is 5.15. The Morgan fingerprint density at radius 3 is 2.65 bits per heavy atom. The second-order valence-electron chi connectivity index (χ2n) is 6.46. The summed E-state index contributed by atoms with van der Waals surface area (Å²) in [7, 11) is 0. The molecular weight excluding hydrogens is 342 g/mol. The number of hydrogen-bond acceptors (Lipinski definition) is 3. The van der Waals surface area contributed by atoms with Crippen LogP contribution in [0.4, 0.5) is 5.69 Å². The number of para-hydroxylation sites is 1. The van der Waals surface area contributed by atoms with E-state index in [0.29, 0.717) is 0 Å². The van der Waals surface area contributed by atoms with E-state index >= 15 is 0 Å². The molecule has 0 saturated carbocycles. The van der Waals surface area contributed by atoms with Crippen molar-refractivity contribution in [3.05, 3.63) is 76.5 Å². The van der Waals surface area contributed by atoms with Gasteiger partial charge in [0.15, 0.2) is 0 Å². The molecular formula is C22H20ClN3. The highest BCUT2D eigenvalue weighted by molar-refractivity contribution is 6.33. The summed E-state index contributed by atoms with van der Waals surface area (Å²) in [6.07, 6.45) is 0.945. The van der Waals surface area contributed by atoms with Crippen LogP contribution in [0, 0.1) is 11.8 Å². The van der Waals surface area contributed by atoms with E-state index in [0.717, 1.165) is 42.3 Å². The number of hydrazone groups is 1. The molecule has 2 aromatic rings. The van der Waals surface area contributed by atoms with Gasteiger partial charge in [-0.25, -0.2) is 0 Å². The molecule has 0 saturated heterocycles. The van der Waals surface area contributed by atoms with E-state index in [1.165, 1.54) is 17.0 Å². The van der Waals surface area contributed by atoms with E-state index in [4.69, 9.17) is 16.7 Å². The van der Waals surface area contributed by atoms with Crippen LogP contribution in [0.3, 0.4) is 0 Å². The third kappa shape index (κ3) is 3.34. The first-order valence-electron chi connectivity index (χ1n) is 8.81. The maximum atomic E-state index is 6.34. The molecule has 4 heteroatoms. The average molecular weight is 362 g/mol. The maximum Gasteiger partial charge on any atom is 0.0795 e. The standard InChI is InChI=1S/C22H20ClN3/c1-17-19-16-26(22-12-6-5-11-20(22)23)24-21(19)13-15-25(17)14-7-10-18-8-3-2-4-9-18/h2-6,8-9,11-12H,13-16H2,1H3. The summed E-state index contributed by atoms with van der Waals surface area (Å²) in [6, 6.07) is 18.0. The molecule has 0 spiro atoms. The largest absolute Gasteiger partial charge is 0.363 e.